The predicted molar refractivity (Wildman–Crippen MR) is 135 cm³/mol. The van der Waals surface area contributed by atoms with Gasteiger partial charge in [0.15, 0.2) is 0 Å². The summed E-state index contributed by atoms with van der Waals surface area (Å²) < 4.78 is 0. The molecule has 0 saturated heterocycles. The van der Waals surface area contributed by atoms with Gasteiger partial charge in [-0.3, -0.25) is 9.59 Å². The van der Waals surface area contributed by atoms with E-state index in [0.717, 1.165) is 29.1 Å². The van der Waals surface area contributed by atoms with Crippen LogP contribution >= 0.6 is 35.0 Å². The molecule has 0 aliphatic carbocycles. The quantitative estimate of drug-likeness (QED) is 0.267. The summed E-state index contributed by atoms with van der Waals surface area (Å²) in [6.45, 7) is 6.33. The minimum atomic E-state index is -0.504. The molecule has 0 aliphatic rings. The number of rotatable bonds is 12. The Morgan fingerprint density at radius 3 is 2.12 bits per heavy atom. The number of amides is 2. The first kappa shape index (κ1) is 26.6. The van der Waals surface area contributed by atoms with Gasteiger partial charge in [-0.25, -0.2) is 0 Å². The molecule has 1 N–H and O–H groups in total. The highest BCUT2D eigenvalue weighted by Gasteiger charge is 2.28. The summed E-state index contributed by atoms with van der Waals surface area (Å²) in [5.74, 6) is 0.709. The van der Waals surface area contributed by atoms with Crippen molar-refractivity contribution < 1.29 is 9.59 Å². The molecule has 2 rings (SSSR count). The summed E-state index contributed by atoms with van der Waals surface area (Å²) in [7, 11) is 0. The minimum absolute atomic E-state index is 0.0113. The summed E-state index contributed by atoms with van der Waals surface area (Å²) in [4.78, 5) is 29.0. The molecule has 2 atom stereocenters. The van der Waals surface area contributed by atoms with E-state index in [-0.39, 0.29) is 17.9 Å². The molecule has 0 fully saturated rings. The highest BCUT2D eigenvalue weighted by molar-refractivity contribution is 7.99. The van der Waals surface area contributed by atoms with Crippen molar-refractivity contribution in [2.75, 3.05) is 5.75 Å². The van der Waals surface area contributed by atoms with Crippen LogP contribution < -0.4 is 5.32 Å². The molecular weight excluding hydrogens is 463 g/mol. The van der Waals surface area contributed by atoms with Gasteiger partial charge in [0.2, 0.25) is 11.8 Å². The molecule has 0 radical (unpaired) electrons. The smallest absolute Gasteiger partial charge is 0.243 e. The van der Waals surface area contributed by atoms with E-state index in [0.29, 0.717) is 29.4 Å². The molecule has 32 heavy (non-hydrogen) atoms. The molecule has 0 spiro atoms. The molecule has 2 aromatic rings. The lowest BCUT2D eigenvalue weighted by Crippen LogP contribution is -2.50. The van der Waals surface area contributed by atoms with Crippen LogP contribution in [0.25, 0.3) is 0 Å². The fourth-order valence-corrected chi connectivity index (χ4v) is 4.34. The molecular formula is C25H32Cl2N2O2S. The number of carbonyl (C=O) groups is 2. The Kier molecular flexibility index (Phi) is 11.4. The summed E-state index contributed by atoms with van der Waals surface area (Å²) in [5, 5.41) is 4.39. The highest BCUT2D eigenvalue weighted by atomic mass is 35.5. The molecule has 0 heterocycles. The van der Waals surface area contributed by atoms with Crippen molar-refractivity contribution in [1.82, 2.24) is 10.2 Å². The van der Waals surface area contributed by atoms with E-state index in [4.69, 9.17) is 23.2 Å². The van der Waals surface area contributed by atoms with E-state index in [1.54, 1.807) is 16.7 Å². The van der Waals surface area contributed by atoms with Crippen LogP contribution in [-0.4, -0.2) is 34.6 Å². The van der Waals surface area contributed by atoms with E-state index in [9.17, 15) is 9.59 Å². The van der Waals surface area contributed by atoms with E-state index in [1.165, 1.54) is 0 Å². The molecule has 0 aliphatic heterocycles. The van der Waals surface area contributed by atoms with Crippen molar-refractivity contribution in [3.8, 4) is 0 Å². The normalized spacial score (nSPS) is 12.8. The maximum atomic E-state index is 13.2. The Balaban J connectivity index is 2.05. The maximum absolute atomic E-state index is 13.2. The van der Waals surface area contributed by atoms with Crippen LogP contribution in [0.15, 0.2) is 53.4 Å². The van der Waals surface area contributed by atoms with E-state index >= 15 is 0 Å². The first-order valence-electron chi connectivity index (χ1n) is 11.1. The Labute approximate surface area is 206 Å². The number of nitrogens with zero attached hydrogens (tertiary/aromatic N) is 1. The molecule has 174 valence electrons. The Bertz CT molecular complexity index is 859. The first-order valence-corrected chi connectivity index (χ1v) is 12.8. The van der Waals surface area contributed by atoms with E-state index < -0.39 is 6.04 Å². The molecule has 2 unspecified atom stereocenters. The van der Waals surface area contributed by atoms with Crippen LogP contribution in [0.1, 0.15) is 52.0 Å². The van der Waals surface area contributed by atoms with Crippen molar-refractivity contribution in [3.05, 3.63) is 64.1 Å². The van der Waals surface area contributed by atoms with Gasteiger partial charge in [0, 0.05) is 33.9 Å². The number of thioether (sulfide) groups is 1. The summed E-state index contributed by atoms with van der Waals surface area (Å²) in [6.07, 6.45) is 2.52. The second kappa shape index (κ2) is 13.8. The van der Waals surface area contributed by atoms with Gasteiger partial charge < -0.3 is 10.2 Å². The van der Waals surface area contributed by atoms with Gasteiger partial charge in [0.05, 0.1) is 0 Å². The van der Waals surface area contributed by atoms with Crippen LogP contribution in [0.3, 0.4) is 0 Å². The highest BCUT2D eigenvalue weighted by Crippen LogP contribution is 2.22. The van der Waals surface area contributed by atoms with Crippen molar-refractivity contribution >= 4 is 46.8 Å². The molecule has 2 amide bonds. The minimum Gasteiger partial charge on any atom is -0.352 e. The Morgan fingerprint density at radius 2 is 1.56 bits per heavy atom. The second-order valence-corrected chi connectivity index (χ2v) is 9.84. The molecule has 0 aromatic heterocycles. The van der Waals surface area contributed by atoms with Gasteiger partial charge in [0.1, 0.15) is 6.04 Å². The van der Waals surface area contributed by atoms with Crippen LogP contribution in [0.5, 0.6) is 0 Å². The summed E-state index contributed by atoms with van der Waals surface area (Å²) >= 11 is 13.6. The van der Waals surface area contributed by atoms with E-state index in [2.05, 4.69) is 5.32 Å². The fourth-order valence-electron chi connectivity index (χ4n) is 3.23. The number of carbonyl (C=O) groups excluding carboxylic acids is 2. The number of hydrogen-bond donors (Lipinski definition) is 1. The van der Waals surface area contributed by atoms with Gasteiger partial charge in [0.25, 0.3) is 0 Å². The Hall–Kier alpha value is -1.69. The third-order valence-electron chi connectivity index (χ3n) is 5.27. The molecule has 4 nitrogen and oxygen atoms in total. The number of hydrogen-bond acceptors (Lipinski definition) is 3. The predicted octanol–water partition coefficient (Wildman–Crippen LogP) is 6.59. The lowest BCUT2D eigenvalue weighted by molar-refractivity contribution is -0.141. The van der Waals surface area contributed by atoms with Crippen LogP contribution in [0, 0.1) is 0 Å². The standard InChI is InChI=1S/C25H32Cl2N2O2S/c1-4-18(3)28-25(31)23(5-2)29(17-19-8-10-20(26)11-9-19)24(30)7-6-16-32-22-14-12-21(27)13-15-22/h8-15,18,23H,4-7,16-17H2,1-3H3,(H,28,31). The van der Waals surface area contributed by atoms with Crippen molar-refractivity contribution in [1.29, 1.82) is 0 Å². The van der Waals surface area contributed by atoms with E-state index in [1.807, 2.05) is 69.3 Å². The zero-order valence-electron chi connectivity index (χ0n) is 18.9. The van der Waals surface area contributed by atoms with Gasteiger partial charge in [-0.2, -0.15) is 0 Å². The average Bonchev–Trinajstić information content (AvgIpc) is 2.78. The zero-order chi connectivity index (χ0) is 23.5. The molecule has 2 aromatic carbocycles. The topological polar surface area (TPSA) is 49.4 Å². The number of halogens is 2. The monoisotopic (exact) mass is 494 g/mol. The number of benzene rings is 2. The Morgan fingerprint density at radius 1 is 0.969 bits per heavy atom. The van der Waals surface area contributed by atoms with Crippen LogP contribution in [0.4, 0.5) is 0 Å². The second-order valence-electron chi connectivity index (χ2n) is 7.80. The van der Waals surface area contributed by atoms with Gasteiger partial charge >= 0.3 is 0 Å². The lowest BCUT2D eigenvalue weighted by Gasteiger charge is -2.31. The first-order chi connectivity index (χ1) is 15.3. The van der Waals surface area contributed by atoms with Crippen LogP contribution in [-0.2, 0) is 16.1 Å². The number of nitrogens with one attached hydrogen (secondary N) is 1. The fraction of sp³-hybridized carbons (Fsp3) is 0.440. The van der Waals surface area contributed by atoms with Gasteiger partial charge in [-0.15, -0.1) is 11.8 Å². The SMILES string of the molecule is CCC(C)NC(=O)C(CC)N(Cc1ccc(Cl)cc1)C(=O)CCCSc1ccc(Cl)cc1. The largest absolute Gasteiger partial charge is 0.352 e. The van der Waals surface area contributed by atoms with Crippen molar-refractivity contribution in [2.45, 2.75) is 70.0 Å². The van der Waals surface area contributed by atoms with Crippen molar-refractivity contribution in [3.63, 3.8) is 0 Å². The zero-order valence-corrected chi connectivity index (χ0v) is 21.3. The lowest BCUT2D eigenvalue weighted by atomic mass is 10.1. The van der Waals surface area contributed by atoms with Crippen molar-refractivity contribution in [2.24, 2.45) is 0 Å². The van der Waals surface area contributed by atoms with Gasteiger partial charge in [-0.1, -0.05) is 49.2 Å². The maximum Gasteiger partial charge on any atom is 0.243 e. The summed E-state index contributed by atoms with van der Waals surface area (Å²) in [5.41, 5.74) is 0.952. The summed E-state index contributed by atoms with van der Waals surface area (Å²) in [6, 6.07) is 14.7. The van der Waals surface area contributed by atoms with Gasteiger partial charge in [-0.05, 0) is 73.9 Å². The average molecular weight is 496 g/mol. The molecule has 0 saturated carbocycles. The molecule has 7 heteroatoms. The third-order valence-corrected chi connectivity index (χ3v) is 6.87. The molecule has 0 bridgehead atoms. The third kappa shape index (κ3) is 8.68. The van der Waals surface area contributed by atoms with Crippen LogP contribution in [0.2, 0.25) is 10.0 Å².